The van der Waals surface area contributed by atoms with Crippen LogP contribution in [0.25, 0.3) is 0 Å². The van der Waals surface area contributed by atoms with Crippen LogP contribution >= 0.6 is 11.6 Å². The third kappa shape index (κ3) is 3.94. The fourth-order valence-corrected chi connectivity index (χ4v) is 2.81. The molecule has 0 aliphatic heterocycles. The Hall–Kier alpha value is -1.11. The van der Waals surface area contributed by atoms with Crippen molar-refractivity contribution in [2.24, 2.45) is 11.1 Å². The van der Waals surface area contributed by atoms with E-state index in [1.165, 1.54) is 31.0 Å². The lowest BCUT2D eigenvalue weighted by molar-refractivity contribution is 0.0937. The number of sulfonamides is 1. The molecule has 0 spiro atoms. The molecule has 3 N–H and O–H groups in total. The molecule has 0 saturated heterocycles. The number of rotatable bonds is 5. The number of benzene rings is 1. The van der Waals surface area contributed by atoms with E-state index in [1.54, 1.807) is 0 Å². The van der Waals surface area contributed by atoms with Crippen LogP contribution in [-0.4, -0.2) is 20.4 Å². The second kappa shape index (κ2) is 5.71. The van der Waals surface area contributed by atoms with E-state index in [2.05, 4.69) is 5.32 Å². The van der Waals surface area contributed by atoms with Crippen LogP contribution in [0.4, 0.5) is 0 Å². The maximum Gasteiger partial charge on any atom is 0.253 e. The number of nitrogens with two attached hydrogens (primary N) is 1. The molecular weight excluding hydrogens is 300 g/mol. The van der Waals surface area contributed by atoms with Gasteiger partial charge < -0.3 is 5.32 Å². The first-order valence-electron chi connectivity index (χ1n) is 6.40. The Balaban J connectivity index is 2.15. The minimum atomic E-state index is -3.85. The van der Waals surface area contributed by atoms with E-state index < -0.39 is 10.0 Å². The third-order valence-electron chi connectivity index (χ3n) is 3.27. The lowest BCUT2D eigenvalue weighted by atomic mass is 10.1. The van der Waals surface area contributed by atoms with Gasteiger partial charge in [-0.05, 0) is 37.5 Å². The molecule has 1 atom stereocenters. The lowest BCUT2D eigenvalue weighted by Crippen LogP contribution is -2.33. The molecule has 0 aromatic heterocycles. The zero-order valence-electron chi connectivity index (χ0n) is 11.1. The predicted octanol–water partition coefficient (Wildman–Crippen LogP) is 1.91. The molecule has 5 nitrogen and oxygen atoms in total. The summed E-state index contributed by atoms with van der Waals surface area (Å²) in [7, 11) is -3.85. The van der Waals surface area contributed by atoms with E-state index >= 15 is 0 Å². The first-order valence-corrected chi connectivity index (χ1v) is 8.33. The van der Waals surface area contributed by atoms with Crippen LogP contribution in [-0.2, 0) is 10.0 Å². The second-order valence-corrected chi connectivity index (χ2v) is 7.21. The maximum atomic E-state index is 12.1. The van der Waals surface area contributed by atoms with Crippen molar-refractivity contribution in [3.63, 3.8) is 0 Å². The summed E-state index contributed by atoms with van der Waals surface area (Å²) in [6, 6.07) is 3.88. The van der Waals surface area contributed by atoms with Crippen molar-refractivity contribution >= 4 is 27.5 Å². The van der Waals surface area contributed by atoms with Crippen LogP contribution in [0, 0.1) is 5.92 Å². The molecule has 1 aromatic rings. The van der Waals surface area contributed by atoms with E-state index in [0.29, 0.717) is 5.92 Å². The molecule has 1 aliphatic carbocycles. The van der Waals surface area contributed by atoms with Gasteiger partial charge in [-0.25, -0.2) is 13.6 Å². The Morgan fingerprint density at radius 2 is 2.15 bits per heavy atom. The van der Waals surface area contributed by atoms with Gasteiger partial charge in [0.25, 0.3) is 5.91 Å². The summed E-state index contributed by atoms with van der Waals surface area (Å²) in [5.74, 6) is 0.310. The quantitative estimate of drug-likeness (QED) is 0.869. The number of primary sulfonamides is 1. The van der Waals surface area contributed by atoms with Gasteiger partial charge in [0, 0.05) is 6.04 Å². The molecule has 7 heteroatoms. The average molecular weight is 317 g/mol. The van der Waals surface area contributed by atoms with Crippen LogP contribution < -0.4 is 10.5 Å². The Morgan fingerprint density at radius 1 is 1.50 bits per heavy atom. The SMILES string of the molecule is CC(CC1CC1)NC(=O)c1cc(S(N)(=O)=O)ccc1Cl. The van der Waals surface area contributed by atoms with Gasteiger partial charge in [-0.2, -0.15) is 0 Å². The third-order valence-corrected chi connectivity index (χ3v) is 4.51. The maximum absolute atomic E-state index is 12.1. The summed E-state index contributed by atoms with van der Waals surface area (Å²) >= 11 is 5.95. The molecule has 20 heavy (non-hydrogen) atoms. The van der Waals surface area contributed by atoms with Crippen LogP contribution in [0.3, 0.4) is 0 Å². The van der Waals surface area contributed by atoms with Crippen molar-refractivity contribution in [1.82, 2.24) is 5.32 Å². The highest BCUT2D eigenvalue weighted by molar-refractivity contribution is 7.89. The molecule has 2 rings (SSSR count). The molecule has 0 heterocycles. The molecular formula is C13H17ClN2O3S. The van der Waals surface area contributed by atoms with Gasteiger partial charge in [0.2, 0.25) is 10.0 Å². The topological polar surface area (TPSA) is 89.3 Å². The molecule has 1 aromatic carbocycles. The number of carbonyl (C=O) groups is 1. The Kier molecular flexibility index (Phi) is 4.36. The average Bonchev–Trinajstić information content (AvgIpc) is 3.11. The van der Waals surface area contributed by atoms with Crippen molar-refractivity contribution in [1.29, 1.82) is 0 Å². The van der Waals surface area contributed by atoms with Crippen LogP contribution in [0.15, 0.2) is 23.1 Å². The molecule has 0 bridgehead atoms. The highest BCUT2D eigenvalue weighted by Crippen LogP contribution is 2.33. The summed E-state index contributed by atoms with van der Waals surface area (Å²) in [4.78, 5) is 12.0. The van der Waals surface area contributed by atoms with Gasteiger partial charge in [-0.3, -0.25) is 4.79 Å². The van der Waals surface area contributed by atoms with Gasteiger partial charge >= 0.3 is 0 Å². The smallest absolute Gasteiger partial charge is 0.253 e. The van der Waals surface area contributed by atoms with Gasteiger partial charge in [0.15, 0.2) is 0 Å². The molecule has 1 saturated carbocycles. The highest BCUT2D eigenvalue weighted by Gasteiger charge is 2.25. The van der Waals surface area contributed by atoms with Crippen molar-refractivity contribution in [2.75, 3.05) is 0 Å². The van der Waals surface area contributed by atoms with Gasteiger partial charge in [0.1, 0.15) is 0 Å². The van der Waals surface area contributed by atoms with Crippen molar-refractivity contribution < 1.29 is 13.2 Å². The van der Waals surface area contributed by atoms with Gasteiger partial charge in [0.05, 0.1) is 15.5 Å². The zero-order valence-corrected chi connectivity index (χ0v) is 12.7. The summed E-state index contributed by atoms with van der Waals surface area (Å²) in [5, 5.41) is 8.08. The molecule has 0 radical (unpaired) electrons. The number of halogens is 1. The number of hydrogen-bond acceptors (Lipinski definition) is 3. The van der Waals surface area contributed by atoms with Crippen molar-refractivity contribution in [2.45, 2.75) is 37.1 Å². The zero-order chi connectivity index (χ0) is 14.9. The molecule has 110 valence electrons. The molecule has 1 unspecified atom stereocenters. The van der Waals surface area contributed by atoms with E-state index in [0.717, 1.165) is 6.42 Å². The van der Waals surface area contributed by atoms with E-state index in [-0.39, 0.29) is 27.4 Å². The predicted molar refractivity (Wildman–Crippen MR) is 77.1 cm³/mol. The second-order valence-electron chi connectivity index (χ2n) is 5.24. The summed E-state index contributed by atoms with van der Waals surface area (Å²) in [6.45, 7) is 1.92. The van der Waals surface area contributed by atoms with Crippen molar-refractivity contribution in [3.8, 4) is 0 Å². The highest BCUT2D eigenvalue weighted by atomic mass is 35.5. The molecule has 1 fully saturated rings. The number of hydrogen-bond donors (Lipinski definition) is 2. The van der Waals surface area contributed by atoms with E-state index in [9.17, 15) is 13.2 Å². The number of carbonyl (C=O) groups excluding carboxylic acids is 1. The fourth-order valence-electron chi connectivity index (χ4n) is 2.07. The van der Waals surface area contributed by atoms with Crippen LogP contribution in [0.5, 0.6) is 0 Å². The Labute approximate surface area is 123 Å². The first-order chi connectivity index (χ1) is 9.27. The van der Waals surface area contributed by atoms with E-state index in [1.807, 2.05) is 6.92 Å². The number of amides is 1. The fraction of sp³-hybridized carbons (Fsp3) is 0.462. The van der Waals surface area contributed by atoms with E-state index in [4.69, 9.17) is 16.7 Å². The Morgan fingerprint density at radius 3 is 2.70 bits per heavy atom. The van der Waals surface area contributed by atoms with Gasteiger partial charge in [-0.1, -0.05) is 24.4 Å². The normalized spacial score (nSPS) is 16.8. The molecule has 1 aliphatic rings. The lowest BCUT2D eigenvalue weighted by Gasteiger charge is -2.14. The largest absolute Gasteiger partial charge is 0.350 e. The van der Waals surface area contributed by atoms with Crippen molar-refractivity contribution in [3.05, 3.63) is 28.8 Å². The first kappa shape index (κ1) is 15.3. The van der Waals surface area contributed by atoms with Crippen LogP contribution in [0.2, 0.25) is 5.02 Å². The standard InChI is InChI=1S/C13H17ClN2O3S/c1-8(6-9-2-3-9)16-13(17)11-7-10(20(15,18)19)4-5-12(11)14/h4-5,7-9H,2-3,6H2,1H3,(H,16,17)(H2,15,18,19). The van der Waals surface area contributed by atoms with Gasteiger partial charge in [-0.15, -0.1) is 0 Å². The van der Waals surface area contributed by atoms with Crippen LogP contribution in [0.1, 0.15) is 36.5 Å². The minimum absolute atomic E-state index is 0.0317. The summed E-state index contributed by atoms with van der Waals surface area (Å²) < 4.78 is 22.6. The Bertz CT molecular complexity index is 627. The molecule has 1 amide bonds. The number of nitrogens with one attached hydrogen (secondary N) is 1. The monoisotopic (exact) mass is 316 g/mol. The summed E-state index contributed by atoms with van der Waals surface area (Å²) in [6.07, 6.45) is 3.35. The minimum Gasteiger partial charge on any atom is -0.350 e. The summed E-state index contributed by atoms with van der Waals surface area (Å²) in [5.41, 5.74) is 0.126.